The number of anilines is 3. The Labute approximate surface area is 242 Å². The summed E-state index contributed by atoms with van der Waals surface area (Å²) < 4.78 is 0. The largest absolute Gasteiger partial charge is 0.310 e. The Balaban J connectivity index is 1.33. The molecule has 0 saturated carbocycles. The van der Waals surface area contributed by atoms with E-state index in [4.69, 9.17) is 0 Å². The van der Waals surface area contributed by atoms with E-state index in [0.29, 0.717) is 0 Å². The van der Waals surface area contributed by atoms with Crippen LogP contribution in [0.5, 0.6) is 0 Å². The lowest BCUT2D eigenvalue weighted by molar-refractivity contribution is 1.23. The predicted molar refractivity (Wildman–Crippen MR) is 173 cm³/mol. The van der Waals surface area contributed by atoms with E-state index in [9.17, 15) is 0 Å². The van der Waals surface area contributed by atoms with Crippen LogP contribution in [0.15, 0.2) is 131 Å². The summed E-state index contributed by atoms with van der Waals surface area (Å²) in [5.41, 5.74) is 13.7. The number of aryl methyl sites for hydroxylation is 4. The van der Waals surface area contributed by atoms with Gasteiger partial charge < -0.3 is 4.90 Å². The van der Waals surface area contributed by atoms with Gasteiger partial charge in [0.2, 0.25) is 0 Å². The second-order valence-electron chi connectivity index (χ2n) is 10.5. The molecule has 2 heteroatoms. The fraction of sp³-hybridized carbons (Fsp3) is 0.105. The molecule has 0 atom stereocenters. The van der Waals surface area contributed by atoms with Crippen LogP contribution < -0.4 is 4.90 Å². The third kappa shape index (κ3) is 5.15. The molecule has 1 heterocycles. The van der Waals surface area contributed by atoms with Crippen molar-refractivity contribution in [2.45, 2.75) is 37.5 Å². The maximum absolute atomic E-state index is 2.35. The van der Waals surface area contributed by atoms with E-state index in [0.717, 1.165) is 5.69 Å². The standard InChI is InChI=1S/C38H33NS/c1-26-16-20-32(24-28(26)3)39(33-21-17-27(2)29(4)25-33)31-22-18-30(19-23-31)10-9-13-34-35-11-5-7-14-37(35)40-38-15-8-6-12-36(34)38/h5-25H,1-4H3/b10-9+. The summed E-state index contributed by atoms with van der Waals surface area (Å²) >= 11 is 1.85. The maximum Gasteiger partial charge on any atom is 0.0464 e. The molecule has 0 saturated heterocycles. The highest BCUT2D eigenvalue weighted by Gasteiger charge is 2.19. The molecule has 1 aliphatic rings. The van der Waals surface area contributed by atoms with Crippen molar-refractivity contribution in [3.05, 3.63) is 160 Å². The maximum atomic E-state index is 2.35. The van der Waals surface area contributed by atoms with Crippen LogP contribution in [0, 0.1) is 27.7 Å². The molecule has 6 rings (SSSR count). The molecule has 0 bridgehead atoms. The predicted octanol–water partition coefficient (Wildman–Crippen LogP) is 11.0. The van der Waals surface area contributed by atoms with E-state index in [1.54, 1.807) is 0 Å². The van der Waals surface area contributed by atoms with Gasteiger partial charge in [0.1, 0.15) is 0 Å². The summed E-state index contributed by atoms with van der Waals surface area (Å²) in [6.45, 7) is 8.70. The normalized spacial score (nSPS) is 12.2. The van der Waals surface area contributed by atoms with Crippen LogP contribution in [-0.2, 0) is 0 Å². The Hall–Kier alpha value is -4.27. The minimum Gasteiger partial charge on any atom is -0.310 e. The van der Waals surface area contributed by atoms with Gasteiger partial charge in [-0.05, 0) is 121 Å². The fourth-order valence-electron chi connectivity index (χ4n) is 5.17. The van der Waals surface area contributed by atoms with E-state index in [-0.39, 0.29) is 0 Å². The number of fused-ring (bicyclic) bond motifs is 2. The molecule has 1 aliphatic heterocycles. The topological polar surface area (TPSA) is 3.24 Å². The lowest BCUT2D eigenvalue weighted by Crippen LogP contribution is -2.10. The number of hydrogen-bond acceptors (Lipinski definition) is 2. The Bertz CT molecular complexity index is 1660. The second kappa shape index (κ2) is 11.1. The van der Waals surface area contributed by atoms with Gasteiger partial charge in [0, 0.05) is 26.9 Å². The van der Waals surface area contributed by atoms with Crippen LogP contribution in [0.3, 0.4) is 0 Å². The van der Waals surface area contributed by atoms with Crippen molar-refractivity contribution in [2.24, 2.45) is 0 Å². The van der Waals surface area contributed by atoms with E-state index in [1.807, 2.05) is 11.8 Å². The van der Waals surface area contributed by atoms with Gasteiger partial charge in [0.25, 0.3) is 0 Å². The van der Waals surface area contributed by atoms with Crippen LogP contribution in [0.25, 0.3) is 11.6 Å². The summed E-state index contributed by atoms with van der Waals surface area (Å²) in [7, 11) is 0. The highest BCUT2D eigenvalue weighted by molar-refractivity contribution is 7.99. The van der Waals surface area contributed by atoms with Crippen molar-refractivity contribution in [3.63, 3.8) is 0 Å². The third-order valence-corrected chi connectivity index (χ3v) is 8.93. The fourth-order valence-corrected chi connectivity index (χ4v) is 6.27. The molecular formula is C38H33NS. The molecule has 0 unspecified atom stereocenters. The molecule has 40 heavy (non-hydrogen) atoms. The minimum atomic E-state index is 1.15. The van der Waals surface area contributed by atoms with Crippen molar-refractivity contribution in [1.82, 2.24) is 0 Å². The number of benzene rings is 5. The van der Waals surface area contributed by atoms with Crippen LogP contribution in [-0.4, -0.2) is 0 Å². The number of rotatable bonds is 5. The number of allylic oxidation sites excluding steroid dienone is 2. The Morgan fingerprint density at radius 2 is 1.02 bits per heavy atom. The molecule has 196 valence electrons. The molecule has 0 aliphatic carbocycles. The first-order valence-corrected chi connectivity index (χ1v) is 14.6. The summed E-state index contributed by atoms with van der Waals surface area (Å²) in [5, 5.41) is 0. The van der Waals surface area contributed by atoms with Crippen molar-refractivity contribution in [2.75, 3.05) is 4.90 Å². The van der Waals surface area contributed by atoms with Crippen LogP contribution in [0.1, 0.15) is 38.9 Å². The molecule has 5 aromatic rings. The first kappa shape index (κ1) is 26.0. The zero-order valence-electron chi connectivity index (χ0n) is 23.5. The highest BCUT2D eigenvalue weighted by Crippen LogP contribution is 2.45. The zero-order valence-corrected chi connectivity index (χ0v) is 24.3. The van der Waals surface area contributed by atoms with E-state index >= 15 is 0 Å². The minimum absolute atomic E-state index is 1.15. The molecule has 5 aromatic carbocycles. The van der Waals surface area contributed by atoms with E-state index < -0.39 is 0 Å². The summed E-state index contributed by atoms with van der Waals surface area (Å²) in [4.78, 5) is 4.97. The lowest BCUT2D eigenvalue weighted by atomic mass is 9.96. The van der Waals surface area contributed by atoms with Gasteiger partial charge in [-0.25, -0.2) is 0 Å². The monoisotopic (exact) mass is 535 g/mol. The Kier molecular flexibility index (Phi) is 7.19. The third-order valence-electron chi connectivity index (χ3n) is 7.77. The number of hydrogen-bond donors (Lipinski definition) is 0. The summed E-state index contributed by atoms with van der Waals surface area (Å²) in [6.07, 6.45) is 6.63. The van der Waals surface area contributed by atoms with Gasteiger partial charge in [-0.1, -0.05) is 90.7 Å². The first-order chi connectivity index (χ1) is 19.5. The summed E-state index contributed by atoms with van der Waals surface area (Å²) in [6, 6.07) is 39.6. The summed E-state index contributed by atoms with van der Waals surface area (Å²) in [5.74, 6) is 0. The zero-order chi connectivity index (χ0) is 27.6. The number of nitrogens with zero attached hydrogens (tertiary/aromatic N) is 1. The molecule has 0 spiro atoms. The van der Waals surface area contributed by atoms with Gasteiger partial charge in [-0.2, -0.15) is 0 Å². The van der Waals surface area contributed by atoms with Gasteiger partial charge in [-0.3, -0.25) is 0 Å². The van der Waals surface area contributed by atoms with Crippen LogP contribution >= 0.6 is 11.8 Å². The Morgan fingerprint density at radius 3 is 1.55 bits per heavy atom. The SMILES string of the molecule is Cc1ccc(N(c2ccc(/C=C/C=C3c4ccccc4Sc4ccccc43)cc2)c2ccc(C)c(C)c2)cc1C. The molecule has 0 radical (unpaired) electrons. The van der Waals surface area contributed by atoms with Gasteiger partial charge in [0.15, 0.2) is 0 Å². The average molecular weight is 536 g/mol. The van der Waals surface area contributed by atoms with Crippen LogP contribution in [0.2, 0.25) is 0 Å². The van der Waals surface area contributed by atoms with Crippen molar-refractivity contribution >= 4 is 40.5 Å². The smallest absolute Gasteiger partial charge is 0.0464 e. The first-order valence-electron chi connectivity index (χ1n) is 13.8. The lowest BCUT2D eigenvalue weighted by Gasteiger charge is -2.27. The average Bonchev–Trinajstić information content (AvgIpc) is 2.97. The quantitative estimate of drug-likeness (QED) is 0.216. The van der Waals surface area contributed by atoms with Gasteiger partial charge in [-0.15, -0.1) is 0 Å². The van der Waals surface area contributed by atoms with E-state index in [2.05, 4.69) is 160 Å². The van der Waals surface area contributed by atoms with Gasteiger partial charge in [0.05, 0.1) is 0 Å². The van der Waals surface area contributed by atoms with Crippen molar-refractivity contribution in [3.8, 4) is 0 Å². The van der Waals surface area contributed by atoms with E-state index in [1.165, 1.54) is 65.7 Å². The Morgan fingerprint density at radius 1 is 0.525 bits per heavy atom. The molecule has 0 amide bonds. The van der Waals surface area contributed by atoms with Crippen molar-refractivity contribution in [1.29, 1.82) is 0 Å². The van der Waals surface area contributed by atoms with Crippen molar-refractivity contribution < 1.29 is 0 Å². The van der Waals surface area contributed by atoms with Crippen LogP contribution in [0.4, 0.5) is 17.1 Å². The second-order valence-corrected chi connectivity index (χ2v) is 11.6. The molecule has 0 aromatic heterocycles. The molecule has 1 nitrogen and oxygen atoms in total. The highest BCUT2D eigenvalue weighted by atomic mass is 32.2. The molecule has 0 N–H and O–H groups in total. The van der Waals surface area contributed by atoms with Gasteiger partial charge >= 0.3 is 0 Å². The molecular weight excluding hydrogens is 502 g/mol. The molecule has 0 fully saturated rings.